The lowest BCUT2D eigenvalue weighted by Crippen LogP contribution is -2.12. The molecule has 3 aromatic rings. The fourth-order valence-corrected chi connectivity index (χ4v) is 4.26. The van der Waals surface area contributed by atoms with Gasteiger partial charge in [0.2, 0.25) is 0 Å². The highest BCUT2D eigenvalue weighted by Crippen LogP contribution is 2.20. The fraction of sp³-hybridized carbons (Fsp3) is 0.208. The van der Waals surface area contributed by atoms with Crippen LogP contribution in [0.25, 0.3) is 0 Å². The number of rotatable bonds is 8. The van der Waals surface area contributed by atoms with E-state index in [1.165, 1.54) is 0 Å². The third-order valence-electron chi connectivity index (χ3n) is 4.42. The Morgan fingerprint density at radius 2 is 1.66 bits per heavy atom. The Morgan fingerprint density at radius 1 is 0.931 bits per heavy atom. The van der Waals surface area contributed by atoms with Gasteiger partial charge < -0.3 is 10.1 Å². The van der Waals surface area contributed by atoms with Crippen molar-refractivity contribution < 1.29 is 13.7 Å². The van der Waals surface area contributed by atoms with Crippen molar-refractivity contribution in [3.8, 4) is 5.75 Å². The zero-order valence-corrected chi connectivity index (χ0v) is 17.5. The van der Waals surface area contributed by atoms with E-state index in [2.05, 4.69) is 5.32 Å². The molecule has 0 saturated carbocycles. The standard InChI is InChI=1S/C24H25NO3S/c1-3-28-23-13-12-21(14-18(23)2)24(26)25-22-11-7-10-20(15-22)17-29(27)16-19-8-5-4-6-9-19/h4-15H,3,16-17H2,1-2H3,(H,25,26). The highest BCUT2D eigenvalue weighted by atomic mass is 32.2. The van der Waals surface area contributed by atoms with Crippen LogP contribution in [0, 0.1) is 6.92 Å². The smallest absolute Gasteiger partial charge is 0.255 e. The molecule has 0 heterocycles. The Labute approximate surface area is 174 Å². The molecule has 5 heteroatoms. The molecule has 0 aliphatic rings. The summed E-state index contributed by atoms with van der Waals surface area (Å²) >= 11 is 0. The number of hydrogen-bond acceptors (Lipinski definition) is 3. The lowest BCUT2D eigenvalue weighted by Gasteiger charge is -2.10. The van der Waals surface area contributed by atoms with Crippen molar-refractivity contribution in [2.24, 2.45) is 0 Å². The molecule has 0 aromatic heterocycles. The van der Waals surface area contributed by atoms with Crippen molar-refractivity contribution in [3.05, 3.63) is 95.1 Å². The van der Waals surface area contributed by atoms with Gasteiger partial charge in [-0.25, -0.2) is 0 Å². The molecular formula is C24H25NO3S. The Balaban J connectivity index is 1.64. The number of carbonyl (C=O) groups is 1. The van der Waals surface area contributed by atoms with Crippen LogP contribution in [0.4, 0.5) is 5.69 Å². The number of benzene rings is 3. The van der Waals surface area contributed by atoms with Crippen molar-refractivity contribution in [3.63, 3.8) is 0 Å². The van der Waals surface area contributed by atoms with Crippen LogP contribution in [0.1, 0.15) is 34.0 Å². The first-order chi connectivity index (χ1) is 14.0. The molecule has 0 radical (unpaired) electrons. The number of anilines is 1. The quantitative estimate of drug-likeness (QED) is 0.565. The molecule has 4 nitrogen and oxygen atoms in total. The predicted molar refractivity (Wildman–Crippen MR) is 119 cm³/mol. The first-order valence-corrected chi connectivity index (χ1v) is 11.1. The van der Waals surface area contributed by atoms with E-state index in [9.17, 15) is 9.00 Å². The van der Waals surface area contributed by atoms with Crippen LogP contribution in [0.2, 0.25) is 0 Å². The van der Waals surface area contributed by atoms with Crippen molar-refractivity contribution in [1.82, 2.24) is 0 Å². The number of amides is 1. The zero-order valence-electron chi connectivity index (χ0n) is 16.7. The Morgan fingerprint density at radius 3 is 2.38 bits per heavy atom. The van der Waals surface area contributed by atoms with Gasteiger partial charge in [-0.2, -0.15) is 0 Å². The van der Waals surface area contributed by atoms with Gasteiger partial charge in [-0.15, -0.1) is 0 Å². The first-order valence-electron chi connectivity index (χ1n) is 9.58. The summed E-state index contributed by atoms with van der Waals surface area (Å²) in [6.07, 6.45) is 0. The molecule has 1 unspecified atom stereocenters. The van der Waals surface area contributed by atoms with Gasteiger partial charge in [0.05, 0.1) is 6.61 Å². The monoisotopic (exact) mass is 407 g/mol. The van der Waals surface area contributed by atoms with Gasteiger partial charge in [0.25, 0.3) is 5.91 Å². The Hall–Kier alpha value is -2.92. The summed E-state index contributed by atoms with van der Waals surface area (Å²) in [5.74, 6) is 1.56. The van der Waals surface area contributed by atoms with Crippen LogP contribution in [0.15, 0.2) is 72.8 Å². The van der Waals surface area contributed by atoms with Crippen LogP contribution in [-0.2, 0) is 22.3 Å². The predicted octanol–water partition coefficient (Wildman–Crippen LogP) is 5.09. The maximum absolute atomic E-state index is 12.6. The van der Waals surface area contributed by atoms with Crippen molar-refractivity contribution in [1.29, 1.82) is 0 Å². The second kappa shape index (κ2) is 10.0. The van der Waals surface area contributed by atoms with Crippen LogP contribution >= 0.6 is 0 Å². The largest absolute Gasteiger partial charge is 0.494 e. The average Bonchev–Trinajstić information content (AvgIpc) is 2.70. The molecule has 150 valence electrons. The van der Waals surface area contributed by atoms with E-state index in [1.807, 2.05) is 80.6 Å². The van der Waals surface area contributed by atoms with Gasteiger partial charge >= 0.3 is 0 Å². The second-order valence-corrected chi connectivity index (χ2v) is 8.24. The fourth-order valence-electron chi connectivity index (χ4n) is 3.05. The number of carbonyl (C=O) groups excluding carboxylic acids is 1. The third-order valence-corrected chi connectivity index (χ3v) is 5.73. The van der Waals surface area contributed by atoms with Crippen LogP contribution in [0.3, 0.4) is 0 Å². The molecule has 0 aliphatic heterocycles. The first kappa shape index (κ1) is 20.8. The van der Waals surface area contributed by atoms with Crippen LogP contribution in [0.5, 0.6) is 5.75 Å². The molecule has 1 amide bonds. The minimum absolute atomic E-state index is 0.182. The SMILES string of the molecule is CCOc1ccc(C(=O)Nc2cccc(CS(=O)Cc3ccccc3)c2)cc1C. The summed E-state index contributed by atoms with van der Waals surface area (Å²) < 4.78 is 18.0. The molecule has 1 atom stereocenters. The highest BCUT2D eigenvalue weighted by Gasteiger charge is 2.10. The van der Waals surface area contributed by atoms with Gasteiger partial charge in [-0.1, -0.05) is 42.5 Å². The van der Waals surface area contributed by atoms with E-state index in [0.29, 0.717) is 29.4 Å². The van der Waals surface area contributed by atoms with E-state index < -0.39 is 10.8 Å². The maximum atomic E-state index is 12.6. The van der Waals surface area contributed by atoms with Gasteiger partial charge in [0.1, 0.15) is 5.75 Å². The van der Waals surface area contributed by atoms with Gasteiger partial charge in [0.15, 0.2) is 0 Å². The van der Waals surface area contributed by atoms with E-state index in [-0.39, 0.29) is 5.91 Å². The second-order valence-electron chi connectivity index (χ2n) is 6.78. The summed E-state index contributed by atoms with van der Waals surface area (Å²) in [7, 11) is -1.01. The van der Waals surface area contributed by atoms with Crippen molar-refractivity contribution in [2.75, 3.05) is 11.9 Å². The third kappa shape index (κ3) is 6.03. The summed E-state index contributed by atoms with van der Waals surface area (Å²) in [5, 5.41) is 2.92. The number of aryl methyl sites for hydroxylation is 1. The van der Waals surface area contributed by atoms with E-state index in [4.69, 9.17) is 4.74 Å². The summed E-state index contributed by atoms with van der Waals surface area (Å²) in [4.78, 5) is 12.6. The van der Waals surface area contributed by atoms with Crippen molar-refractivity contribution >= 4 is 22.4 Å². The highest BCUT2D eigenvalue weighted by molar-refractivity contribution is 7.83. The van der Waals surface area contributed by atoms with Gasteiger partial charge in [-0.3, -0.25) is 9.00 Å². The molecule has 0 aliphatic carbocycles. The molecule has 3 aromatic carbocycles. The summed E-state index contributed by atoms with van der Waals surface area (Å²) in [6, 6.07) is 22.7. The van der Waals surface area contributed by atoms with Crippen LogP contribution in [-0.4, -0.2) is 16.7 Å². The normalized spacial score (nSPS) is 11.7. The molecule has 0 bridgehead atoms. The summed E-state index contributed by atoms with van der Waals surface area (Å²) in [5.41, 5.74) is 4.17. The van der Waals surface area contributed by atoms with E-state index in [0.717, 1.165) is 22.4 Å². The minimum atomic E-state index is -1.01. The topological polar surface area (TPSA) is 55.4 Å². The lowest BCUT2D eigenvalue weighted by atomic mass is 10.1. The minimum Gasteiger partial charge on any atom is -0.494 e. The van der Waals surface area contributed by atoms with Crippen LogP contribution < -0.4 is 10.1 Å². The average molecular weight is 408 g/mol. The molecule has 3 rings (SSSR count). The molecule has 0 spiro atoms. The van der Waals surface area contributed by atoms with E-state index in [1.54, 1.807) is 6.07 Å². The zero-order chi connectivity index (χ0) is 20.6. The van der Waals surface area contributed by atoms with Gasteiger partial charge in [-0.05, 0) is 60.9 Å². The molecule has 1 N–H and O–H groups in total. The molecule has 0 saturated heterocycles. The molecular weight excluding hydrogens is 382 g/mol. The Kier molecular flexibility index (Phi) is 7.19. The number of ether oxygens (including phenoxy) is 1. The summed E-state index contributed by atoms with van der Waals surface area (Å²) in [6.45, 7) is 4.44. The van der Waals surface area contributed by atoms with Gasteiger partial charge in [0, 0.05) is 33.6 Å². The Bertz CT molecular complexity index is 1000. The maximum Gasteiger partial charge on any atom is 0.255 e. The molecule has 29 heavy (non-hydrogen) atoms. The molecule has 0 fully saturated rings. The number of nitrogens with one attached hydrogen (secondary N) is 1. The lowest BCUT2D eigenvalue weighted by molar-refractivity contribution is 0.102. The van der Waals surface area contributed by atoms with Crippen molar-refractivity contribution in [2.45, 2.75) is 25.4 Å². The van der Waals surface area contributed by atoms with E-state index >= 15 is 0 Å². The number of hydrogen-bond donors (Lipinski definition) is 1.